The Labute approximate surface area is 191 Å². The van der Waals surface area contributed by atoms with E-state index in [1.165, 1.54) is 7.11 Å². The number of rotatable bonds is 7. The van der Waals surface area contributed by atoms with Gasteiger partial charge < -0.3 is 24.8 Å². The highest BCUT2D eigenvalue weighted by Crippen LogP contribution is 2.32. The molecule has 0 saturated carbocycles. The molecule has 0 amide bonds. The molecule has 32 heavy (non-hydrogen) atoms. The Balaban J connectivity index is 1.81. The molecule has 0 radical (unpaired) electrons. The first kappa shape index (κ1) is 24.5. The minimum atomic E-state index is -0.618. The van der Waals surface area contributed by atoms with Gasteiger partial charge in [-0.1, -0.05) is 0 Å². The first-order chi connectivity index (χ1) is 15.1. The Morgan fingerprint density at radius 2 is 1.22 bits per heavy atom. The second-order valence-corrected chi connectivity index (χ2v) is 10.2. The summed E-state index contributed by atoms with van der Waals surface area (Å²) in [6.45, 7) is 12.0. The van der Waals surface area contributed by atoms with E-state index < -0.39 is 23.1 Å². The van der Waals surface area contributed by atoms with Gasteiger partial charge in [0.15, 0.2) is 0 Å². The van der Waals surface area contributed by atoms with Crippen molar-refractivity contribution < 1.29 is 34.4 Å². The molecule has 0 bridgehead atoms. The molecule has 0 spiro atoms. The summed E-state index contributed by atoms with van der Waals surface area (Å²) < 4.78 is 17.3. The van der Waals surface area contributed by atoms with Gasteiger partial charge >= 0.3 is 11.9 Å². The van der Waals surface area contributed by atoms with Crippen LogP contribution in [0.3, 0.4) is 0 Å². The lowest BCUT2D eigenvalue weighted by molar-refractivity contribution is -0.666. The van der Waals surface area contributed by atoms with E-state index in [2.05, 4.69) is 10.6 Å². The molecule has 3 rings (SSSR count). The first-order valence-corrected chi connectivity index (χ1v) is 11.9. The minimum Gasteiger partial charge on any atom is -0.497 e. The molecule has 2 aliphatic heterocycles. The number of hydrogen-bond acceptors (Lipinski definition) is 5. The van der Waals surface area contributed by atoms with Crippen molar-refractivity contribution in [3.05, 3.63) is 29.3 Å². The van der Waals surface area contributed by atoms with Crippen LogP contribution in [0.4, 0.5) is 0 Å². The van der Waals surface area contributed by atoms with Gasteiger partial charge in [0.1, 0.15) is 17.0 Å². The fraction of sp³-hybridized carbons (Fsp3) is 0.680. The lowest BCUT2D eigenvalue weighted by atomic mass is 9.83. The molecule has 2 saturated heterocycles. The van der Waals surface area contributed by atoms with E-state index in [1.807, 2.05) is 27.7 Å². The lowest BCUT2D eigenvalue weighted by Gasteiger charge is -2.36. The molecule has 7 heteroatoms. The summed E-state index contributed by atoms with van der Waals surface area (Å²) in [6, 6.07) is 4.86. The third kappa shape index (κ3) is 5.81. The summed E-state index contributed by atoms with van der Waals surface area (Å²) in [5, 5.41) is 4.58. The van der Waals surface area contributed by atoms with Crippen LogP contribution >= 0.6 is 0 Å². The number of piperidine rings is 2. The number of carbonyl (C=O) groups excluding carboxylic acids is 2. The van der Waals surface area contributed by atoms with Crippen molar-refractivity contribution in [1.29, 1.82) is 0 Å². The molecule has 1 aromatic carbocycles. The Bertz CT molecular complexity index is 809. The highest BCUT2D eigenvalue weighted by molar-refractivity contribution is 6.03. The number of carbonyl (C=O) groups is 2. The zero-order valence-corrected chi connectivity index (χ0v) is 20.2. The van der Waals surface area contributed by atoms with E-state index in [0.29, 0.717) is 17.6 Å². The number of esters is 2. The zero-order valence-electron chi connectivity index (χ0n) is 20.2. The Kier molecular flexibility index (Phi) is 7.83. The van der Waals surface area contributed by atoms with E-state index in [9.17, 15) is 9.59 Å². The van der Waals surface area contributed by atoms with E-state index in [-0.39, 0.29) is 11.1 Å². The van der Waals surface area contributed by atoms with Gasteiger partial charge in [-0.05, 0) is 45.9 Å². The maximum absolute atomic E-state index is 13.3. The molecule has 4 N–H and O–H groups in total. The van der Waals surface area contributed by atoms with E-state index in [4.69, 9.17) is 14.2 Å². The normalized spacial score (nSPS) is 18.8. The van der Waals surface area contributed by atoms with Crippen molar-refractivity contribution >= 4 is 11.9 Å². The average molecular weight is 449 g/mol. The quantitative estimate of drug-likeness (QED) is 0.617. The molecule has 0 atom stereocenters. The molecule has 1 aromatic rings. The molecule has 0 aliphatic carbocycles. The number of quaternary nitrogens is 2. The summed E-state index contributed by atoms with van der Waals surface area (Å²) in [5.41, 5.74) is -0.811. The maximum atomic E-state index is 13.3. The smallest absolute Gasteiger partial charge is 0.339 e. The molecule has 7 nitrogen and oxygen atoms in total. The second-order valence-electron chi connectivity index (χ2n) is 10.2. The number of benzene rings is 1. The first-order valence-electron chi connectivity index (χ1n) is 11.9. The Morgan fingerprint density at radius 1 is 0.781 bits per heavy atom. The van der Waals surface area contributed by atoms with Gasteiger partial charge in [-0.15, -0.1) is 0 Å². The van der Waals surface area contributed by atoms with Crippen LogP contribution in [0.15, 0.2) is 18.2 Å². The molecular weight excluding hydrogens is 408 g/mol. The third-order valence-corrected chi connectivity index (χ3v) is 7.22. The fourth-order valence-electron chi connectivity index (χ4n) is 5.00. The zero-order chi connectivity index (χ0) is 23.4. The number of hydrogen-bond donors (Lipinski definition) is 2. The van der Waals surface area contributed by atoms with Crippen LogP contribution in [0.5, 0.6) is 5.75 Å². The fourth-order valence-corrected chi connectivity index (χ4v) is 5.00. The second kappa shape index (κ2) is 10.2. The minimum absolute atomic E-state index is 0.192. The van der Waals surface area contributed by atoms with Crippen LogP contribution in [-0.4, -0.2) is 56.4 Å². The van der Waals surface area contributed by atoms with Gasteiger partial charge in [0.25, 0.3) is 0 Å². The van der Waals surface area contributed by atoms with E-state index >= 15 is 0 Å². The van der Waals surface area contributed by atoms with Crippen LogP contribution in [0.1, 0.15) is 74.1 Å². The van der Waals surface area contributed by atoms with Crippen LogP contribution in [0.2, 0.25) is 0 Å². The average Bonchev–Trinajstić information content (AvgIpc) is 2.79. The topological polar surface area (TPSA) is 95.1 Å². The number of nitrogens with two attached hydrogens (primary N) is 2. The van der Waals surface area contributed by atoms with Crippen molar-refractivity contribution in [2.24, 2.45) is 11.8 Å². The summed E-state index contributed by atoms with van der Waals surface area (Å²) in [7, 11) is 1.54. The van der Waals surface area contributed by atoms with Crippen molar-refractivity contribution in [3.8, 4) is 5.75 Å². The molecule has 0 unspecified atom stereocenters. The van der Waals surface area contributed by atoms with Gasteiger partial charge in [0, 0.05) is 37.5 Å². The predicted octanol–water partition coefficient (Wildman–Crippen LogP) is 1.51. The van der Waals surface area contributed by atoms with Crippen molar-refractivity contribution in [1.82, 2.24) is 0 Å². The summed E-state index contributed by atoms with van der Waals surface area (Å²) in [5.74, 6) is 0.0805. The predicted molar refractivity (Wildman–Crippen MR) is 121 cm³/mol. The van der Waals surface area contributed by atoms with Crippen LogP contribution in [0, 0.1) is 11.8 Å². The van der Waals surface area contributed by atoms with Gasteiger partial charge in [-0.25, -0.2) is 9.59 Å². The lowest BCUT2D eigenvalue weighted by Crippen LogP contribution is -2.86. The molecule has 2 aliphatic rings. The highest BCUT2D eigenvalue weighted by Gasteiger charge is 2.38. The number of ether oxygens (including phenoxy) is 3. The highest BCUT2D eigenvalue weighted by atomic mass is 16.6. The molecule has 2 heterocycles. The SMILES string of the molecule is COc1ccc(C(=O)OC(C)(C)C2CC[NH2+]CC2)c(C(=O)OC(C)(C)C2CC[NH2+]CC2)c1. The molecule has 2 fully saturated rings. The molecular formula is C25H40N2O5+2. The monoisotopic (exact) mass is 448 g/mol. The molecule has 178 valence electrons. The van der Waals surface area contributed by atoms with Crippen LogP contribution in [-0.2, 0) is 9.47 Å². The van der Waals surface area contributed by atoms with Gasteiger partial charge in [-0.2, -0.15) is 0 Å². The standard InChI is InChI=1S/C25H38N2O5/c1-24(2,17-8-12-26-13-9-17)31-22(28)20-7-6-19(30-5)16-21(20)23(29)32-25(3,4)18-10-14-27-15-11-18/h6-7,16-18,26-27H,8-15H2,1-5H3/p+2. The van der Waals surface area contributed by atoms with Gasteiger partial charge in [-0.3, -0.25) is 0 Å². The van der Waals surface area contributed by atoms with Crippen molar-refractivity contribution in [2.75, 3.05) is 33.3 Å². The van der Waals surface area contributed by atoms with Gasteiger partial charge in [0.2, 0.25) is 0 Å². The summed E-state index contributed by atoms with van der Waals surface area (Å²) in [6.07, 6.45) is 4.01. The molecule has 0 aromatic heterocycles. The largest absolute Gasteiger partial charge is 0.497 e. The summed E-state index contributed by atoms with van der Waals surface area (Å²) in [4.78, 5) is 26.5. The maximum Gasteiger partial charge on any atom is 0.339 e. The van der Waals surface area contributed by atoms with Crippen LogP contribution in [0.25, 0.3) is 0 Å². The van der Waals surface area contributed by atoms with E-state index in [0.717, 1.165) is 51.9 Å². The third-order valence-electron chi connectivity index (χ3n) is 7.22. The van der Waals surface area contributed by atoms with E-state index in [1.54, 1.807) is 18.2 Å². The Morgan fingerprint density at radius 3 is 1.66 bits per heavy atom. The van der Waals surface area contributed by atoms with Crippen LogP contribution < -0.4 is 15.4 Å². The van der Waals surface area contributed by atoms with Crippen molar-refractivity contribution in [3.63, 3.8) is 0 Å². The summed E-state index contributed by atoms with van der Waals surface area (Å²) >= 11 is 0. The van der Waals surface area contributed by atoms with Crippen molar-refractivity contribution in [2.45, 2.75) is 64.6 Å². The number of methoxy groups -OCH3 is 1. The Hall–Kier alpha value is -2.12. The van der Waals surface area contributed by atoms with Gasteiger partial charge in [0.05, 0.1) is 44.4 Å².